The molecule has 6 nitrogen and oxygen atoms in total. The molecule has 144 valence electrons. The van der Waals surface area contributed by atoms with E-state index in [4.69, 9.17) is 4.74 Å². The van der Waals surface area contributed by atoms with Gasteiger partial charge in [0, 0.05) is 32.3 Å². The van der Waals surface area contributed by atoms with Crippen LogP contribution in [0.3, 0.4) is 0 Å². The first-order valence-electron chi connectivity index (χ1n) is 9.15. The SMILES string of the molecule is COC(=O)[C@@H]1CCCN1C(=O)CNC(=O)c1ccc2c(c1)sc1ccccc12. The number of likely N-dealkylation sites (tertiary alicyclic amines) is 1. The monoisotopic (exact) mass is 396 g/mol. The number of carbonyl (C=O) groups is 3. The molecule has 0 aliphatic carbocycles. The summed E-state index contributed by atoms with van der Waals surface area (Å²) in [6.45, 7) is 0.360. The van der Waals surface area contributed by atoms with Gasteiger partial charge >= 0.3 is 5.97 Å². The standard InChI is InChI=1S/C21H20N2O4S/c1-27-21(26)16-6-4-10-23(16)19(24)12-22-20(25)13-8-9-15-14-5-2-3-7-17(14)28-18(15)11-13/h2-3,5,7-9,11,16H,4,6,10,12H2,1H3,(H,22,25)/t16-/m0/s1. The van der Waals surface area contributed by atoms with Gasteiger partial charge in [-0.3, -0.25) is 9.59 Å². The number of benzene rings is 2. The summed E-state index contributed by atoms with van der Waals surface area (Å²) in [7, 11) is 1.31. The molecule has 0 radical (unpaired) electrons. The number of nitrogens with one attached hydrogen (secondary N) is 1. The van der Waals surface area contributed by atoms with E-state index in [9.17, 15) is 14.4 Å². The fraction of sp³-hybridized carbons (Fsp3) is 0.286. The molecule has 2 heterocycles. The fourth-order valence-electron chi connectivity index (χ4n) is 3.67. The second-order valence-corrected chi connectivity index (χ2v) is 7.84. The average Bonchev–Trinajstić information content (AvgIpc) is 3.35. The molecule has 1 aliphatic rings. The second kappa shape index (κ2) is 7.59. The van der Waals surface area contributed by atoms with Crippen LogP contribution in [-0.2, 0) is 14.3 Å². The van der Waals surface area contributed by atoms with Gasteiger partial charge in [0.15, 0.2) is 0 Å². The molecule has 3 aromatic rings. The first-order valence-corrected chi connectivity index (χ1v) is 9.97. The average molecular weight is 396 g/mol. The van der Waals surface area contributed by atoms with Crippen LogP contribution in [0.15, 0.2) is 42.5 Å². The molecular formula is C21H20N2O4S. The number of hydrogen-bond donors (Lipinski definition) is 1. The number of carbonyl (C=O) groups excluding carboxylic acids is 3. The number of esters is 1. The number of ether oxygens (including phenoxy) is 1. The summed E-state index contributed by atoms with van der Waals surface area (Å²) in [4.78, 5) is 38.2. The Morgan fingerprint density at radius 1 is 1.14 bits per heavy atom. The van der Waals surface area contributed by atoms with Crippen molar-refractivity contribution in [3.8, 4) is 0 Å². The van der Waals surface area contributed by atoms with Crippen molar-refractivity contribution < 1.29 is 19.1 Å². The molecule has 4 rings (SSSR count). The molecular weight excluding hydrogens is 376 g/mol. The van der Waals surface area contributed by atoms with Crippen LogP contribution in [0.1, 0.15) is 23.2 Å². The van der Waals surface area contributed by atoms with Crippen LogP contribution in [0.25, 0.3) is 20.2 Å². The molecule has 1 aromatic heterocycles. The minimum absolute atomic E-state index is 0.142. The number of fused-ring (bicyclic) bond motifs is 3. The van der Waals surface area contributed by atoms with Crippen LogP contribution in [0.5, 0.6) is 0 Å². The molecule has 1 N–H and O–H groups in total. The highest BCUT2D eigenvalue weighted by molar-refractivity contribution is 7.25. The van der Waals surface area contributed by atoms with Gasteiger partial charge in [-0.25, -0.2) is 4.79 Å². The van der Waals surface area contributed by atoms with Crippen molar-refractivity contribution in [2.24, 2.45) is 0 Å². The smallest absolute Gasteiger partial charge is 0.328 e. The predicted molar refractivity (Wildman–Crippen MR) is 108 cm³/mol. The zero-order valence-electron chi connectivity index (χ0n) is 15.4. The minimum Gasteiger partial charge on any atom is -0.467 e. The van der Waals surface area contributed by atoms with Gasteiger partial charge in [0.1, 0.15) is 6.04 Å². The Labute approximate surface area is 166 Å². The van der Waals surface area contributed by atoms with Gasteiger partial charge < -0.3 is 15.0 Å². The van der Waals surface area contributed by atoms with Gasteiger partial charge in [-0.2, -0.15) is 0 Å². The van der Waals surface area contributed by atoms with E-state index in [0.717, 1.165) is 16.5 Å². The van der Waals surface area contributed by atoms with Crippen molar-refractivity contribution in [1.82, 2.24) is 10.2 Å². The zero-order chi connectivity index (χ0) is 19.7. The molecule has 2 aromatic carbocycles. The molecule has 2 amide bonds. The molecule has 28 heavy (non-hydrogen) atoms. The lowest BCUT2D eigenvalue weighted by molar-refractivity contribution is -0.150. The van der Waals surface area contributed by atoms with Crippen molar-refractivity contribution in [3.63, 3.8) is 0 Å². The highest BCUT2D eigenvalue weighted by atomic mass is 32.1. The van der Waals surface area contributed by atoms with Crippen LogP contribution in [0.4, 0.5) is 0 Å². The normalized spacial score (nSPS) is 16.5. The summed E-state index contributed by atoms with van der Waals surface area (Å²) in [6.07, 6.45) is 1.34. The van der Waals surface area contributed by atoms with Gasteiger partial charge in [-0.15, -0.1) is 11.3 Å². The van der Waals surface area contributed by atoms with Crippen molar-refractivity contribution in [2.45, 2.75) is 18.9 Å². The quantitative estimate of drug-likeness (QED) is 0.688. The van der Waals surface area contributed by atoms with E-state index in [0.29, 0.717) is 18.5 Å². The third-order valence-electron chi connectivity index (χ3n) is 5.09. The van der Waals surface area contributed by atoms with E-state index < -0.39 is 12.0 Å². The van der Waals surface area contributed by atoms with E-state index >= 15 is 0 Å². The number of hydrogen-bond acceptors (Lipinski definition) is 5. The number of methoxy groups -OCH3 is 1. The van der Waals surface area contributed by atoms with Crippen molar-refractivity contribution in [1.29, 1.82) is 0 Å². The summed E-state index contributed by atoms with van der Waals surface area (Å²) in [5.74, 6) is -0.988. The van der Waals surface area contributed by atoms with Crippen molar-refractivity contribution >= 4 is 49.3 Å². The summed E-state index contributed by atoms with van der Waals surface area (Å²) < 4.78 is 6.96. The molecule has 1 fully saturated rings. The van der Waals surface area contributed by atoms with Crippen LogP contribution in [-0.4, -0.2) is 48.9 Å². The van der Waals surface area contributed by atoms with Gasteiger partial charge in [0.05, 0.1) is 13.7 Å². The molecule has 0 saturated carbocycles. The van der Waals surface area contributed by atoms with E-state index in [1.54, 1.807) is 17.4 Å². The molecule has 1 atom stereocenters. The van der Waals surface area contributed by atoms with Gasteiger partial charge in [-0.1, -0.05) is 24.3 Å². The van der Waals surface area contributed by atoms with Crippen LogP contribution in [0.2, 0.25) is 0 Å². The number of nitrogens with zero attached hydrogens (tertiary/aromatic N) is 1. The predicted octanol–water partition coefficient (Wildman–Crippen LogP) is 2.95. The highest BCUT2D eigenvalue weighted by Gasteiger charge is 2.34. The maximum absolute atomic E-state index is 12.5. The Bertz CT molecular complexity index is 1070. The molecule has 0 unspecified atom stereocenters. The lowest BCUT2D eigenvalue weighted by atomic mass is 10.1. The fourth-order valence-corrected chi connectivity index (χ4v) is 4.82. The molecule has 1 aliphatic heterocycles. The Balaban J connectivity index is 1.45. The third-order valence-corrected chi connectivity index (χ3v) is 6.22. The summed E-state index contributed by atoms with van der Waals surface area (Å²) in [5, 5.41) is 4.96. The topological polar surface area (TPSA) is 75.7 Å². The Morgan fingerprint density at radius 3 is 2.75 bits per heavy atom. The molecule has 7 heteroatoms. The third kappa shape index (κ3) is 3.33. The van der Waals surface area contributed by atoms with Gasteiger partial charge in [0.2, 0.25) is 5.91 Å². The second-order valence-electron chi connectivity index (χ2n) is 6.76. The largest absolute Gasteiger partial charge is 0.467 e. The van der Waals surface area contributed by atoms with E-state index in [1.807, 2.05) is 24.3 Å². The van der Waals surface area contributed by atoms with E-state index in [1.165, 1.54) is 22.1 Å². The zero-order valence-corrected chi connectivity index (χ0v) is 16.3. The Hall–Kier alpha value is -2.93. The Kier molecular flexibility index (Phi) is 5.00. The minimum atomic E-state index is -0.552. The van der Waals surface area contributed by atoms with E-state index in [-0.39, 0.29) is 18.4 Å². The first-order chi connectivity index (χ1) is 13.6. The lowest BCUT2D eigenvalue weighted by Crippen LogP contribution is -2.45. The summed E-state index contributed by atoms with van der Waals surface area (Å²) in [6, 6.07) is 13.1. The van der Waals surface area contributed by atoms with Gasteiger partial charge in [-0.05, 0) is 31.0 Å². The van der Waals surface area contributed by atoms with Crippen molar-refractivity contribution in [3.05, 3.63) is 48.0 Å². The molecule has 1 saturated heterocycles. The number of thiophene rings is 1. The molecule has 0 bridgehead atoms. The molecule has 0 spiro atoms. The highest BCUT2D eigenvalue weighted by Crippen LogP contribution is 2.34. The maximum atomic E-state index is 12.5. The van der Waals surface area contributed by atoms with Gasteiger partial charge in [0.25, 0.3) is 5.91 Å². The number of amides is 2. The maximum Gasteiger partial charge on any atom is 0.328 e. The lowest BCUT2D eigenvalue weighted by Gasteiger charge is -2.22. The van der Waals surface area contributed by atoms with Crippen LogP contribution in [0, 0.1) is 0 Å². The first kappa shape index (κ1) is 18.4. The van der Waals surface area contributed by atoms with Crippen molar-refractivity contribution in [2.75, 3.05) is 20.2 Å². The van der Waals surface area contributed by atoms with Crippen LogP contribution >= 0.6 is 11.3 Å². The number of rotatable bonds is 4. The Morgan fingerprint density at radius 2 is 1.93 bits per heavy atom. The summed E-state index contributed by atoms with van der Waals surface area (Å²) >= 11 is 1.64. The summed E-state index contributed by atoms with van der Waals surface area (Å²) in [5.41, 5.74) is 0.512. The van der Waals surface area contributed by atoms with E-state index in [2.05, 4.69) is 17.4 Å². The van der Waals surface area contributed by atoms with Crippen LogP contribution < -0.4 is 5.32 Å².